The van der Waals surface area contributed by atoms with Crippen LogP contribution in [0.3, 0.4) is 0 Å². The summed E-state index contributed by atoms with van der Waals surface area (Å²) in [7, 11) is 0. The third kappa shape index (κ3) is 6.73. The minimum atomic E-state index is 1.14. The Kier molecular flexibility index (Phi) is 9.54. The molecule has 2 aromatic heterocycles. The number of hydrogen-bond acceptors (Lipinski definition) is 0. The zero-order valence-electron chi connectivity index (χ0n) is 37.3. The second-order valence-electron chi connectivity index (χ2n) is 17.7. The smallest absolute Gasteiger partial charge is 0.0541 e. The Bertz CT molecular complexity index is 3720. The summed E-state index contributed by atoms with van der Waals surface area (Å²) in [6.45, 7) is 0. The van der Waals surface area contributed by atoms with Crippen molar-refractivity contribution in [3.05, 3.63) is 267 Å². The van der Waals surface area contributed by atoms with Crippen LogP contribution in [-0.2, 0) is 0 Å². The van der Waals surface area contributed by atoms with Crippen LogP contribution in [0.1, 0.15) is 0 Å². The molecule has 13 aromatic rings. The molecule has 2 nitrogen and oxygen atoms in total. The predicted molar refractivity (Wildman–Crippen MR) is 288 cm³/mol. The average molecular weight is 865 g/mol. The van der Waals surface area contributed by atoms with Gasteiger partial charge in [0.15, 0.2) is 0 Å². The van der Waals surface area contributed by atoms with Gasteiger partial charge in [0, 0.05) is 32.9 Å². The van der Waals surface area contributed by atoms with E-state index in [9.17, 15) is 0 Å². The van der Waals surface area contributed by atoms with Crippen LogP contribution in [0.25, 0.3) is 122 Å². The second-order valence-corrected chi connectivity index (χ2v) is 17.7. The van der Waals surface area contributed by atoms with Crippen LogP contribution in [0, 0.1) is 0 Å². The third-order valence-electron chi connectivity index (χ3n) is 13.7. The first-order chi connectivity index (χ1) is 33.7. The van der Waals surface area contributed by atoms with Gasteiger partial charge < -0.3 is 9.13 Å². The molecule has 0 saturated carbocycles. The van der Waals surface area contributed by atoms with Gasteiger partial charge in [-0.15, -0.1) is 0 Å². The molecule has 2 heterocycles. The molecule has 68 heavy (non-hydrogen) atoms. The Morgan fingerprint density at radius 2 is 0.485 bits per heavy atom. The van der Waals surface area contributed by atoms with E-state index in [4.69, 9.17) is 0 Å². The van der Waals surface area contributed by atoms with Gasteiger partial charge >= 0.3 is 0 Å². The Morgan fingerprint density at radius 1 is 0.176 bits per heavy atom. The first kappa shape index (κ1) is 39.4. The monoisotopic (exact) mass is 864 g/mol. The fourth-order valence-corrected chi connectivity index (χ4v) is 10.6. The molecular weight excluding hydrogens is 821 g/mol. The number of nitrogens with zero attached hydrogens (tertiary/aromatic N) is 2. The summed E-state index contributed by atoms with van der Waals surface area (Å²) in [5.74, 6) is 0. The maximum Gasteiger partial charge on any atom is 0.0541 e. The van der Waals surface area contributed by atoms with Gasteiger partial charge in [0.1, 0.15) is 0 Å². The standard InChI is InChI=1S/C66H44N2/c1-2-17-47(18-3-1)55-21-4-6-23-57(55)58-24-7-5-22-56(58)49-20-16-19-48(41-49)52-43-50(45-33-37-53(38-34-45)67-63-29-12-8-25-59(63)60-26-9-13-30-64(60)67)42-51(44-52)46-35-39-54(40-36-46)68-65-31-14-10-27-61(65)62-28-11-15-32-66(62)68/h1-44H. The molecule has 0 amide bonds. The summed E-state index contributed by atoms with van der Waals surface area (Å²) in [6, 6.07) is 97.5. The Labute approximate surface area is 395 Å². The van der Waals surface area contributed by atoms with Crippen molar-refractivity contribution < 1.29 is 0 Å². The van der Waals surface area contributed by atoms with E-state index in [2.05, 4.69) is 276 Å². The maximum absolute atomic E-state index is 2.39. The quantitative estimate of drug-likeness (QED) is 0.144. The van der Waals surface area contributed by atoms with Crippen LogP contribution in [0.5, 0.6) is 0 Å². The van der Waals surface area contributed by atoms with Gasteiger partial charge in [-0.3, -0.25) is 0 Å². The topological polar surface area (TPSA) is 9.86 Å². The Balaban J connectivity index is 0.937. The minimum Gasteiger partial charge on any atom is -0.309 e. The van der Waals surface area contributed by atoms with Crippen LogP contribution in [0.4, 0.5) is 0 Å². The van der Waals surface area contributed by atoms with Gasteiger partial charge in [-0.2, -0.15) is 0 Å². The van der Waals surface area contributed by atoms with Crippen molar-refractivity contribution in [3.8, 4) is 78.1 Å². The summed E-state index contributed by atoms with van der Waals surface area (Å²) in [4.78, 5) is 0. The van der Waals surface area contributed by atoms with E-state index in [0.717, 1.165) is 11.4 Å². The molecule has 0 aliphatic heterocycles. The molecular formula is C66H44N2. The molecule has 2 heteroatoms. The summed E-state index contributed by atoms with van der Waals surface area (Å²) >= 11 is 0. The van der Waals surface area contributed by atoms with Crippen molar-refractivity contribution in [2.45, 2.75) is 0 Å². The van der Waals surface area contributed by atoms with Crippen LogP contribution < -0.4 is 0 Å². The van der Waals surface area contributed by atoms with E-state index in [-0.39, 0.29) is 0 Å². The zero-order valence-corrected chi connectivity index (χ0v) is 37.3. The third-order valence-corrected chi connectivity index (χ3v) is 13.7. The molecule has 0 saturated heterocycles. The molecule has 0 aliphatic rings. The maximum atomic E-state index is 2.39. The fourth-order valence-electron chi connectivity index (χ4n) is 10.6. The summed E-state index contributed by atoms with van der Waals surface area (Å²) in [5.41, 5.74) is 21.4. The first-order valence-corrected chi connectivity index (χ1v) is 23.4. The van der Waals surface area contributed by atoms with E-state index in [1.54, 1.807) is 0 Å². The molecule has 0 fully saturated rings. The molecule has 0 N–H and O–H groups in total. The highest BCUT2D eigenvalue weighted by molar-refractivity contribution is 6.10. The van der Waals surface area contributed by atoms with E-state index in [0.29, 0.717) is 0 Å². The second kappa shape index (κ2) is 16.5. The molecule has 11 aromatic carbocycles. The lowest BCUT2D eigenvalue weighted by Crippen LogP contribution is -1.94. The number of rotatable bonds is 8. The number of fused-ring (bicyclic) bond motifs is 6. The molecule has 0 aliphatic carbocycles. The van der Waals surface area contributed by atoms with Crippen LogP contribution in [0.15, 0.2) is 267 Å². The minimum absolute atomic E-state index is 1.14. The summed E-state index contributed by atoms with van der Waals surface area (Å²) in [6.07, 6.45) is 0. The lowest BCUT2D eigenvalue weighted by Gasteiger charge is -2.16. The fraction of sp³-hybridized carbons (Fsp3) is 0. The Morgan fingerprint density at radius 3 is 0.926 bits per heavy atom. The highest BCUT2D eigenvalue weighted by Crippen LogP contribution is 2.41. The number of aromatic nitrogens is 2. The number of para-hydroxylation sites is 4. The van der Waals surface area contributed by atoms with Gasteiger partial charge in [0.2, 0.25) is 0 Å². The van der Waals surface area contributed by atoms with Crippen molar-refractivity contribution in [1.82, 2.24) is 9.13 Å². The molecule has 0 radical (unpaired) electrons. The van der Waals surface area contributed by atoms with E-state index >= 15 is 0 Å². The molecule has 318 valence electrons. The number of benzene rings is 11. The van der Waals surface area contributed by atoms with E-state index < -0.39 is 0 Å². The van der Waals surface area contributed by atoms with Crippen molar-refractivity contribution in [2.24, 2.45) is 0 Å². The summed E-state index contributed by atoms with van der Waals surface area (Å²) in [5, 5.41) is 5.05. The van der Waals surface area contributed by atoms with Crippen LogP contribution >= 0.6 is 0 Å². The SMILES string of the molecule is c1ccc(-c2ccccc2-c2ccccc2-c2cccc(-c3cc(-c4ccc(-n5c6ccccc6c6ccccc65)cc4)cc(-c4ccc(-n5c6ccccc6c6ccccc65)cc4)c3)c2)cc1. The largest absolute Gasteiger partial charge is 0.309 e. The molecule has 0 unspecified atom stereocenters. The van der Waals surface area contributed by atoms with Crippen molar-refractivity contribution in [1.29, 1.82) is 0 Å². The highest BCUT2D eigenvalue weighted by Gasteiger charge is 2.17. The highest BCUT2D eigenvalue weighted by atomic mass is 15.0. The average Bonchev–Trinajstić information content (AvgIpc) is 3.94. The Hall–Kier alpha value is -8.98. The van der Waals surface area contributed by atoms with Crippen LogP contribution in [0.2, 0.25) is 0 Å². The zero-order chi connectivity index (χ0) is 45.0. The first-order valence-electron chi connectivity index (χ1n) is 23.4. The lowest BCUT2D eigenvalue weighted by atomic mass is 9.88. The van der Waals surface area contributed by atoms with Crippen LogP contribution in [-0.4, -0.2) is 9.13 Å². The van der Waals surface area contributed by atoms with Crippen molar-refractivity contribution in [2.75, 3.05) is 0 Å². The predicted octanol–water partition coefficient (Wildman–Crippen LogP) is 17.9. The van der Waals surface area contributed by atoms with Gasteiger partial charge in [0.05, 0.1) is 22.1 Å². The van der Waals surface area contributed by atoms with Crippen molar-refractivity contribution in [3.63, 3.8) is 0 Å². The van der Waals surface area contributed by atoms with Gasteiger partial charge in [-0.25, -0.2) is 0 Å². The summed E-state index contributed by atoms with van der Waals surface area (Å²) < 4.78 is 4.77. The normalized spacial score (nSPS) is 11.5. The molecule has 0 spiro atoms. The van der Waals surface area contributed by atoms with Crippen molar-refractivity contribution >= 4 is 43.6 Å². The lowest BCUT2D eigenvalue weighted by molar-refractivity contribution is 1.18. The van der Waals surface area contributed by atoms with Gasteiger partial charge in [-0.1, -0.05) is 194 Å². The molecule has 0 atom stereocenters. The molecule has 13 rings (SSSR count). The van der Waals surface area contributed by atoms with E-state index in [1.807, 2.05) is 0 Å². The number of hydrogen-bond donors (Lipinski definition) is 0. The molecule has 0 bridgehead atoms. The van der Waals surface area contributed by atoms with E-state index in [1.165, 1.54) is 110 Å². The van der Waals surface area contributed by atoms with Gasteiger partial charge in [0.25, 0.3) is 0 Å². The van der Waals surface area contributed by atoms with Gasteiger partial charge in [-0.05, 0) is 140 Å².